The number of nitrogens with zero attached hydrogens (tertiary/aromatic N) is 5. The van der Waals surface area contributed by atoms with E-state index in [1.165, 1.54) is 18.9 Å². The van der Waals surface area contributed by atoms with Crippen LogP contribution in [0.15, 0.2) is 53.7 Å². The molecule has 1 N–H and O–H groups in total. The molecule has 37 heavy (non-hydrogen) atoms. The van der Waals surface area contributed by atoms with Crippen molar-refractivity contribution in [2.75, 3.05) is 25.4 Å². The Morgan fingerprint density at radius 3 is 2.89 bits per heavy atom. The summed E-state index contributed by atoms with van der Waals surface area (Å²) in [6, 6.07) is 15.9. The van der Waals surface area contributed by atoms with Gasteiger partial charge < -0.3 is 14.6 Å². The first kappa shape index (κ1) is 24.1. The summed E-state index contributed by atoms with van der Waals surface area (Å²) in [6.07, 6.45) is 2.24. The SMILES string of the molecule is CC(=O)c1cc([C@@]23C[C@H]2CN(CCCSc2nnc(-c4cccc5nc(C)ccc45)n2C)C3)ccc1O. The van der Waals surface area contributed by atoms with Crippen molar-refractivity contribution in [2.45, 2.75) is 37.3 Å². The molecule has 1 aliphatic heterocycles. The van der Waals surface area contributed by atoms with Crippen molar-refractivity contribution in [3.8, 4) is 17.1 Å². The number of carbonyl (C=O) groups is 1. The summed E-state index contributed by atoms with van der Waals surface area (Å²) in [5, 5.41) is 21.0. The second-order valence-corrected chi connectivity index (χ2v) is 11.5. The minimum atomic E-state index is -0.0843. The summed E-state index contributed by atoms with van der Waals surface area (Å²) in [6.45, 7) is 6.68. The third kappa shape index (κ3) is 4.32. The Hall–Kier alpha value is -3.23. The van der Waals surface area contributed by atoms with E-state index >= 15 is 0 Å². The normalized spacial score (nSPS) is 20.9. The Kier molecular flexibility index (Phi) is 6.04. The molecule has 1 saturated carbocycles. The molecular formula is C29H31N5O2S. The molecule has 1 aliphatic carbocycles. The fourth-order valence-electron chi connectivity index (χ4n) is 5.91. The average Bonchev–Trinajstić information content (AvgIpc) is 3.25. The van der Waals surface area contributed by atoms with Gasteiger partial charge in [0.2, 0.25) is 0 Å². The van der Waals surface area contributed by atoms with Gasteiger partial charge in [0.15, 0.2) is 16.8 Å². The monoisotopic (exact) mass is 513 g/mol. The van der Waals surface area contributed by atoms with Gasteiger partial charge in [-0.3, -0.25) is 9.78 Å². The van der Waals surface area contributed by atoms with Crippen molar-refractivity contribution in [1.29, 1.82) is 0 Å². The van der Waals surface area contributed by atoms with Crippen LogP contribution in [0.5, 0.6) is 5.75 Å². The second-order valence-electron chi connectivity index (χ2n) is 10.5. The largest absolute Gasteiger partial charge is 0.507 e. The number of benzene rings is 2. The average molecular weight is 514 g/mol. The standard InChI is InChI=1S/C29H31N5O2S/c1-18-8-10-22-23(6-4-7-25(22)30-18)27-31-32-28(33(27)3)37-13-5-12-34-16-21-15-29(21,17-34)20-9-11-26(36)24(14-20)19(2)35/h4,6-11,14,21,36H,5,12-13,15-17H2,1-3H3/t21-,29-/m0/s1. The Labute approximate surface area is 220 Å². The first-order valence-electron chi connectivity index (χ1n) is 12.8. The summed E-state index contributed by atoms with van der Waals surface area (Å²) in [7, 11) is 2.03. The Morgan fingerprint density at radius 2 is 2.05 bits per heavy atom. The van der Waals surface area contributed by atoms with Crippen LogP contribution >= 0.6 is 11.8 Å². The molecule has 2 aromatic carbocycles. The molecule has 2 atom stereocenters. The molecule has 4 aromatic rings. The van der Waals surface area contributed by atoms with Crippen LogP contribution in [-0.2, 0) is 12.5 Å². The summed E-state index contributed by atoms with van der Waals surface area (Å²) in [5.74, 6) is 2.48. The fourth-order valence-corrected chi connectivity index (χ4v) is 6.75. The summed E-state index contributed by atoms with van der Waals surface area (Å²) < 4.78 is 2.08. The van der Waals surface area contributed by atoms with Crippen molar-refractivity contribution in [3.05, 3.63) is 65.4 Å². The highest BCUT2D eigenvalue weighted by Gasteiger charge is 2.60. The van der Waals surface area contributed by atoms with Gasteiger partial charge in [-0.25, -0.2) is 0 Å². The van der Waals surface area contributed by atoms with Crippen LogP contribution in [0, 0.1) is 12.8 Å². The third-order valence-electron chi connectivity index (χ3n) is 7.96. The molecule has 0 radical (unpaired) electrons. The van der Waals surface area contributed by atoms with Crippen molar-refractivity contribution < 1.29 is 9.90 Å². The number of Topliss-reactive ketones (excluding diaryl/α,β-unsaturated/α-hetero) is 1. The van der Waals surface area contributed by atoms with E-state index in [1.807, 2.05) is 44.3 Å². The molecule has 2 fully saturated rings. The molecule has 7 nitrogen and oxygen atoms in total. The number of ketones is 1. The molecule has 0 amide bonds. The van der Waals surface area contributed by atoms with E-state index in [1.54, 1.807) is 17.8 Å². The van der Waals surface area contributed by atoms with E-state index in [9.17, 15) is 9.90 Å². The Bertz CT molecular complexity index is 1520. The molecule has 190 valence electrons. The van der Waals surface area contributed by atoms with Crippen LogP contribution in [0.25, 0.3) is 22.3 Å². The number of fused-ring (bicyclic) bond motifs is 2. The van der Waals surface area contributed by atoms with Gasteiger partial charge in [0.25, 0.3) is 0 Å². The van der Waals surface area contributed by atoms with Crippen LogP contribution in [-0.4, -0.2) is 60.9 Å². The number of pyridine rings is 1. The van der Waals surface area contributed by atoms with Crippen LogP contribution in [0.2, 0.25) is 0 Å². The lowest BCUT2D eigenvalue weighted by Crippen LogP contribution is -2.28. The molecule has 0 spiro atoms. The highest BCUT2D eigenvalue weighted by Crippen LogP contribution is 2.59. The predicted molar refractivity (Wildman–Crippen MR) is 146 cm³/mol. The van der Waals surface area contributed by atoms with Crippen LogP contribution < -0.4 is 0 Å². The molecule has 3 heterocycles. The van der Waals surface area contributed by atoms with Crippen molar-refractivity contribution >= 4 is 28.4 Å². The lowest BCUT2D eigenvalue weighted by atomic mass is 9.92. The quantitative estimate of drug-likeness (QED) is 0.202. The zero-order valence-electron chi connectivity index (χ0n) is 21.4. The van der Waals surface area contributed by atoms with Gasteiger partial charge in [-0.05, 0) is 69.0 Å². The molecule has 6 rings (SSSR count). The molecular weight excluding hydrogens is 482 g/mol. The van der Waals surface area contributed by atoms with Crippen molar-refractivity contribution in [2.24, 2.45) is 13.0 Å². The lowest BCUT2D eigenvalue weighted by molar-refractivity contribution is 0.101. The Balaban J connectivity index is 1.07. The number of piperidine rings is 1. The van der Waals surface area contributed by atoms with Crippen molar-refractivity contribution in [1.82, 2.24) is 24.6 Å². The van der Waals surface area contributed by atoms with Gasteiger partial charge in [0.1, 0.15) is 5.75 Å². The molecule has 2 aliphatic rings. The van der Waals surface area contributed by atoms with Crippen molar-refractivity contribution in [3.63, 3.8) is 0 Å². The van der Waals surface area contributed by atoms with Gasteiger partial charge >= 0.3 is 0 Å². The van der Waals surface area contributed by atoms with Crippen LogP contribution in [0.1, 0.15) is 41.4 Å². The molecule has 0 unspecified atom stereocenters. The maximum absolute atomic E-state index is 11.9. The van der Waals surface area contributed by atoms with E-state index in [4.69, 9.17) is 0 Å². The third-order valence-corrected chi connectivity index (χ3v) is 9.07. The number of hydrogen-bond acceptors (Lipinski definition) is 7. The van der Waals surface area contributed by atoms with E-state index in [2.05, 4.69) is 36.8 Å². The highest BCUT2D eigenvalue weighted by atomic mass is 32.2. The zero-order chi connectivity index (χ0) is 25.7. The maximum Gasteiger partial charge on any atom is 0.191 e. The number of likely N-dealkylation sites (tertiary alicyclic amines) is 1. The summed E-state index contributed by atoms with van der Waals surface area (Å²) in [5.41, 5.74) is 4.81. The topological polar surface area (TPSA) is 84.1 Å². The van der Waals surface area contributed by atoms with Crippen LogP contribution in [0.3, 0.4) is 0 Å². The number of phenolic OH excluding ortho intramolecular Hbond substituents is 1. The van der Waals surface area contributed by atoms with E-state index in [0.717, 1.165) is 64.9 Å². The van der Waals surface area contributed by atoms with Gasteiger partial charge in [0, 0.05) is 47.9 Å². The highest BCUT2D eigenvalue weighted by molar-refractivity contribution is 7.99. The molecule has 8 heteroatoms. The van der Waals surface area contributed by atoms with E-state index in [0.29, 0.717) is 11.5 Å². The lowest BCUT2D eigenvalue weighted by Gasteiger charge is -2.21. The van der Waals surface area contributed by atoms with Gasteiger partial charge in [0.05, 0.1) is 11.1 Å². The number of rotatable bonds is 8. The number of aromatic nitrogens is 4. The summed E-state index contributed by atoms with van der Waals surface area (Å²) >= 11 is 1.75. The zero-order valence-corrected chi connectivity index (χ0v) is 22.3. The van der Waals surface area contributed by atoms with Gasteiger partial charge in [-0.2, -0.15) is 0 Å². The fraction of sp³-hybridized carbons (Fsp3) is 0.379. The molecule has 2 aromatic heterocycles. The van der Waals surface area contributed by atoms with Crippen LogP contribution in [0.4, 0.5) is 0 Å². The number of hydrogen-bond donors (Lipinski definition) is 1. The van der Waals surface area contributed by atoms with Gasteiger partial charge in [-0.1, -0.05) is 36.0 Å². The first-order valence-corrected chi connectivity index (χ1v) is 13.8. The van der Waals surface area contributed by atoms with E-state index < -0.39 is 0 Å². The minimum absolute atomic E-state index is 0.0795. The van der Waals surface area contributed by atoms with Gasteiger partial charge in [-0.15, -0.1) is 10.2 Å². The smallest absolute Gasteiger partial charge is 0.191 e. The molecule has 1 saturated heterocycles. The second kappa shape index (κ2) is 9.26. The minimum Gasteiger partial charge on any atom is -0.507 e. The number of phenols is 1. The van der Waals surface area contributed by atoms with E-state index in [-0.39, 0.29) is 16.9 Å². The Morgan fingerprint density at radius 1 is 1.19 bits per heavy atom. The molecule has 0 bridgehead atoms. The number of aromatic hydroxyl groups is 1. The predicted octanol–water partition coefficient (Wildman–Crippen LogP) is 5.00. The maximum atomic E-state index is 11.9. The number of thioether (sulfide) groups is 1. The first-order chi connectivity index (χ1) is 17.9. The summed E-state index contributed by atoms with van der Waals surface area (Å²) in [4.78, 5) is 19.1. The number of carbonyl (C=O) groups excluding carboxylic acids is 1. The number of aryl methyl sites for hydroxylation is 1.